The first kappa shape index (κ1) is 7.71. The van der Waals surface area contributed by atoms with E-state index in [0.29, 0.717) is 12.2 Å². The highest BCUT2D eigenvalue weighted by Gasteiger charge is 2.11. The molecule has 5 heteroatoms. The maximum Gasteiger partial charge on any atom is 0.394 e. The Morgan fingerprint density at radius 3 is 2.91 bits per heavy atom. The number of hydrogen-bond donors (Lipinski definition) is 1. The molecular formula is C6H8N2O3. The molecule has 1 heterocycles. The topological polar surface area (TPSA) is 76.2 Å². The highest BCUT2D eigenvalue weighted by molar-refractivity contribution is 5.81. The molecule has 1 aromatic rings. The molecule has 0 amide bonds. The van der Waals surface area contributed by atoms with E-state index in [1.807, 2.05) is 6.92 Å². The van der Waals surface area contributed by atoms with Crippen molar-refractivity contribution in [3.05, 3.63) is 11.7 Å². The molecule has 0 fully saturated rings. The minimum Gasteiger partial charge on any atom is -0.474 e. The molecule has 0 atom stereocenters. The molecule has 1 aromatic heterocycles. The fraction of sp³-hybridized carbons (Fsp3) is 0.500. The van der Waals surface area contributed by atoms with Gasteiger partial charge in [-0.05, 0) is 6.42 Å². The number of hydrogen-bond acceptors (Lipinski definition) is 4. The number of carbonyl (C=O) groups is 1. The molecule has 0 spiro atoms. The second-order valence-corrected chi connectivity index (χ2v) is 2.07. The van der Waals surface area contributed by atoms with Gasteiger partial charge in [0, 0.05) is 6.42 Å². The van der Waals surface area contributed by atoms with Gasteiger partial charge >= 0.3 is 11.9 Å². The highest BCUT2D eigenvalue weighted by Crippen LogP contribution is 1.99. The predicted octanol–water partition coefficient (Wildman–Crippen LogP) is 0.720. The average molecular weight is 156 g/mol. The summed E-state index contributed by atoms with van der Waals surface area (Å²) in [6, 6.07) is 0. The summed E-state index contributed by atoms with van der Waals surface area (Å²) in [4.78, 5) is 13.8. The van der Waals surface area contributed by atoms with E-state index in [9.17, 15) is 4.79 Å². The molecular weight excluding hydrogens is 148 g/mol. The standard InChI is InChI=1S/C6H8N2O3/c1-2-3-4-7-5(6(9)10)11-8-4/h2-3H2,1H3,(H,9,10). The Morgan fingerprint density at radius 2 is 2.45 bits per heavy atom. The van der Waals surface area contributed by atoms with Gasteiger partial charge in [0.1, 0.15) is 0 Å². The molecule has 0 aliphatic rings. The van der Waals surface area contributed by atoms with Gasteiger partial charge in [-0.25, -0.2) is 4.79 Å². The molecule has 60 valence electrons. The van der Waals surface area contributed by atoms with E-state index >= 15 is 0 Å². The number of carboxylic acids is 1. The summed E-state index contributed by atoms with van der Waals surface area (Å²) in [5.41, 5.74) is 0. The van der Waals surface area contributed by atoms with Crippen LogP contribution >= 0.6 is 0 Å². The van der Waals surface area contributed by atoms with Crippen molar-refractivity contribution in [2.45, 2.75) is 19.8 Å². The Morgan fingerprint density at radius 1 is 1.73 bits per heavy atom. The van der Waals surface area contributed by atoms with Crippen LogP contribution in [0.2, 0.25) is 0 Å². The molecule has 0 bridgehead atoms. The first-order chi connectivity index (χ1) is 5.24. The summed E-state index contributed by atoms with van der Waals surface area (Å²) in [5, 5.41) is 11.8. The zero-order chi connectivity index (χ0) is 8.27. The number of aromatic nitrogens is 2. The number of rotatable bonds is 3. The van der Waals surface area contributed by atoms with Crippen molar-refractivity contribution in [2.24, 2.45) is 0 Å². The van der Waals surface area contributed by atoms with Crippen molar-refractivity contribution < 1.29 is 14.4 Å². The Labute approximate surface area is 63.0 Å². The highest BCUT2D eigenvalue weighted by atomic mass is 16.5. The van der Waals surface area contributed by atoms with Gasteiger partial charge in [0.25, 0.3) is 0 Å². The van der Waals surface area contributed by atoms with Crippen LogP contribution in [0.1, 0.15) is 29.9 Å². The van der Waals surface area contributed by atoms with E-state index in [4.69, 9.17) is 5.11 Å². The van der Waals surface area contributed by atoms with Crippen LogP contribution in [0.4, 0.5) is 0 Å². The smallest absolute Gasteiger partial charge is 0.394 e. The number of carboxylic acid groups (broad SMARTS) is 1. The molecule has 0 aromatic carbocycles. The maximum atomic E-state index is 10.2. The van der Waals surface area contributed by atoms with E-state index < -0.39 is 5.97 Å². The molecule has 1 N–H and O–H groups in total. The summed E-state index contributed by atoms with van der Waals surface area (Å²) >= 11 is 0. The van der Waals surface area contributed by atoms with Crippen LogP contribution in [0.25, 0.3) is 0 Å². The second-order valence-electron chi connectivity index (χ2n) is 2.07. The normalized spacial score (nSPS) is 9.91. The average Bonchev–Trinajstić information content (AvgIpc) is 2.37. The van der Waals surface area contributed by atoms with Crippen LogP contribution in [0.3, 0.4) is 0 Å². The van der Waals surface area contributed by atoms with Crippen LogP contribution in [-0.2, 0) is 6.42 Å². The number of aromatic carboxylic acids is 1. The molecule has 0 saturated heterocycles. The molecule has 0 saturated carbocycles. The van der Waals surface area contributed by atoms with Crippen molar-refractivity contribution >= 4 is 5.97 Å². The van der Waals surface area contributed by atoms with Crippen LogP contribution in [-0.4, -0.2) is 21.2 Å². The van der Waals surface area contributed by atoms with E-state index in [1.54, 1.807) is 0 Å². The Bertz CT molecular complexity index is 256. The first-order valence-electron chi connectivity index (χ1n) is 3.30. The summed E-state index contributed by atoms with van der Waals surface area (Å²) in [6.45, 7) is 1.96. The third-order valence-corrected chi connectivity index (χ3v) is 1.12. The van der Waals surface area contributed by atoms with Gasteiger partial charge in [0.2, 0.25) is 0 Å². The Balaban J connectivity index is 2.73. The van der Waals surface area contributed by atoms with Gasteiger partial charge in [-0.15, -0.1) is 0 Å². The molecule has 0 aliphatic carbocycles. The zero-order valence-electron chi connectivity index (χ0n) is 6.07. The quantitative estimate of drug-likeness (QED) is 0.697. The third kappa shape index (κ3) is 1.76. The Kier molecular flexibility index (Phi) is 2.20. The third-order valence-electron chi connectivity index (χ3n) is 1.12. The lowest BCUT2D eigenvalue weighted by atomic mass is 10.3. The van der Waals surface area contributed by atoms with Gasteiger partial charge in [0.05, 0.1) is 0 Å². The summed E-state index contributed by atoms with van der Waals surface area (Å²) in [7, 11) is 0. The first-order valence-corrected chi connectivity index (χ1v) is 3.30. The molecule has 11 heavy (non-hydrogen) atoms. The second kappa shape index (κ2) is 3.14. The van der Waals surface area contributed by atoms with Crippen LogP contribution < -0.4 is 0 Å². The summed E-state index contributed by atoms with van der Waals surface area (Å²) in [6.07, 6.45) is 1.52. The molecule has 5 nitrogen and oxygen atoms in total. The molecule has 0 aliphatic heterocycles. The monoisotopic (exact) mass is 156 g/mol. The van der Waals surface area contributed by atoms with Gasteiger partial charge in [-0.3, -0.25) is 0 Å². The number of aryl methyl sites for hydroxylation is 1. The van der Waals surface area contributed by atoms with E-state index in [0.717, 1.165) is 6.42 Å². The van der Waals surface area contributed by atoms with Crippen molar-refractivity contribution in [1.29, 1.82) is 0 Å². The zero-order valence-corrected chi connectivity index (χ0v) is 6.07. The predicted molar refractivity (Wildman–Crippen MR) is 35.3 cm³/mol. The lowest BCUT2D eigenvalue weighted by Crippen LogP contribution is -1.96. The van der Waals surface area contributed by atoms with E-state index in [2.05, 4.69) is 14.7 Å². The summed E-state index contributed by atoms with van der Waals surface area (Å²) < 4.78 is 4.42. The van der Waals surface area contributed by atoms with Gasteiger partial charge < -0.3 is 9.63 Å². The summed E-state index contributed by atoms with van der Waals surface area (Å²) in [5.74, 6) is -1.07. The van der Waals surface area contributed by atoms with Crippen molar-refractivity contribution in [1.82, 2.24) is 10.1 Å². The molecule has 0 radical (unpaired) electrons. The van der Waals surface area contributed by atoms with Crippen molar-refractivity contribution in [3.8, 4) is 0 Å². The molecule has 1 rings (SSSR count). The minimum atomic E-state index is -1.18. The fourth-order valence-electron chi connectivity index (χ4n) is 0.666. The van der Waals surface area contributed by atoms with Crippen LogP contribution in [0.5, 0.6) is 0 Å². The largest absolute Gasteiger partial charge is 0.474 e. The molecule has 0 unspecified atom stereocenters. The SMILES string of the molecule is CCCc1noc(C(=O)O)n1. The van der Waals surface area contributed by atoms with E-state index in [1.165, 1.54) is 0 Å². The lowest BCUT2D eigenvalue weighted by molar-refractivity contribution is 0.0643. The van der Waals surface area contributed by atoms with Gasteiger partial charge in [-0.2, -0.15) is 4.98 Å². The minimum absolute atomic E-state index is 0.339. The lowest BCUT2D eigenvalue weighted by Gasteiger charge is -1.82. The van der Waals surface area contributed by atoms with Crippen LogP contribution in [0, 0.1) is 0 Å². The maximum absolute atomic E-state index is 10.2. The fourth-order valence-corrected chi connectivity index (χ4v) is 0.666. The van der Waals surface area contributed by atoms with Crippen LogP contribution in [0.15, 0.2) is 4.52 Å². The van der Waals surface area contributed by atoms with Gasteiger partial charge in [-0.1, -0.05) is 12.1 Å². The van der Waals surface area contributed by atoms with Crippen molar-refractivity contribution in [3.63, 3.8) is 0 Å². The Hall–Kier alpha value is -1.39. The van der Waals surface area contributed by atoms with Gasteiger partial charge in [0.15, 0.2) is 5.82 Å². The van der Waals surface area contributed by atoms with E-state index in [-0.39, 0.29) is 5.89 Å². The number of nitrogens with zero attached hydrogens (tertiary/aromatic N) is 2. The van der Waals surface area contributed by atoms with Crippen molar-refractivity contribution in [2.75, 3.05) is 0 Å².